The predicted octanol–water partition coefficient (Wildman–Crippen LogP) is 5.20. The molecule has 0 aromatic heterocycles. The van der Waals surface area contributed by atoms with Gasteiger partial charge in [0.1, 0.15) is 17.5 Å². The first-order chi connectivity index (χ1) is 22.3. The molecule has 3 unspecified atom stereocenters. The van der Waals surface area contributed by atoms with Gasteiger partial charge in [0, 0.05) is 31.0 Å². The fourth-order valence-corrected chi connectivity index (χ4v) is 6.14. The molecule has 0 aliphatic carbocycles. The van der Waals surface area contributed by atoms with Gasteiger partial charge in [0.2, 0.25) is 0 Å². The number of fused-ring (bicyclic) bond motifs is 2. The maximum absolute atomic E-state index is 14.3. The molecule has 9 nitrogen and oxygen atoms in total. The Labute approximate surface area is 267 Å². The zero-order valence-corrected chi connectivity index (χ0v) is 25.7. The second-order valence-electron chi connectivity index (χ2n) is 11.5. The van der Waals surface area contributed by atoms with Crippen molar-refractivity contribution >= 4 is 23.3 Å². The van der Waals surface area contributed by atoms with Crippen LogP contribution in [0.15, 0.2) is 90.0 Å². The zero-order chi connectivity index (χ0) is 32.3. The lowest BCUT2D eigenvalue weighted by Crippen LogP contribution is -2.42. The van der Waals surface area contributed by atoms with Crippen LogP contribution >= 0.6 is 0 Å². The van der Waals surface area contributed by atoms with E-state index in [2.05, 4.69) is 21.6 Å². The summed E-state index contributed by atoms with van der Waals surface area (Å²) < 4.78 is 31.9. The molecule has 3 aromatic rings. The predicted molar refractivity (Wildman–Crippen MR) is 170 cm³/mol. The van der Waals surface area contributed by atoms with Gasteiger partial charge in [-0.1, -0.05) is 36.4 Å². The van der Waals surface area contributed by atoms with Gasteiger partial charge in [-0.3, -0.25) is 9.69 Å². The van der Waals surface area contributed by atoms with Crippen molar-refractivity contribution in [2.24, 2.45) is 0 Å². The van der Waals surface area contributed by atoms with Crippen LogP contribution in [0.1, 0.15) is 35.2 Å². The minimum absolute atomic E-state index is 0.0791. The van der Waals surface area contributed by atoms with Crippen LogP contribution in [0.2, 0.25) is 0 Å². The smallest absolute Gasteiger partial charge is 0.337 e. The number of aryl methyl sites for hydroxylation is 1. The van der Waals surface area contributed by atoms with Crippen molar-refractivity contribution in [3.05, 3.63) is 118 Å². The molecular formula is C36H35FN4O5. The van der Waals surface area contributed by atoms with Gasteiger partial charge in [-0.25, -0.2) is 9.18 Å². The van der Waals surface area contributed by atoms with E-state index in [0.29, 0.717) is 30.0 Å². The number of carbonyl (C=O) groups is 2. The number of nitrogens with one attached hydrogen (secondary N) is 2. The highest BCUT2D eigenvalue weighted by molar-refractivity contribution is 6.12. The maximum Gasteiger partial charge on any atom is 0.337 e. The number of benzene rings is 3. The Morgan fingerprint density at radius 1 is 1.09 bits per heavy atom. The van der Waals surface area contributed by atoms with E-state index in [1.807, 2.05) is 24.3 Å². The molecular weight excluding hydrogens is 587 g/mol. The first-order valence-corrected chi connectivity index (χ1v) is 15.3. The third kappa shape index (κ3) is 6.17. The van der Waals surface area contributed by atoms with Crippen molar-refractivity contribution < 1.29 is 28.2 Å². The molecule has 1 saturated heterocycles. The molecule has 2 N–H and O–H groups in total. The van der Waals surface area contributed by atoms with Crippen molar-refractivity contribution in [1.29, 1.82) is 5.26 Å². The Hall–Kier alpha value is -4.82. The van der Waals surface area contributed by atoms with E-state index in [9.17, 15) is 19.2 Å². The average Bonchev–Trinajstić information content (AvgIpc) is 3.65. The molecule has 1 amide bonds. The van der Waals surface area contributed by atoms with Crippen LogP contribution in [-0.2, 0) is 30.3 Å². The van der Waals surface area contributed by atoms with E-state index in [1.54, 1.807) is 62.4 Å². The molecule has 10 heteroatoms. The Bertz CT molecular complexity index is 1720. The summed E-state index contributed by atoms with van der Waals surface area (Å²) >= 11 is 0. The van der Waals surface area contributed by atoms with Gasteiger partial charge in [0.05, 0.1) is 48.6 Å². The summed E-state index contributed by atoms with van der Waals surface area (Å²) in [6, 6.07) is 20.9. The SMILES string of the molecule is CCOC(=O)C1=C(C(=O)Nc2ccc(C)c(F)c2)C2C=CC1(C(Nc1ccc(C#N)cc1)c1ccc(CN3CCOCC3)cc1)O2. The quantitative estimate of drug-likeness (QED) is 0.235. The number of nitriles is 1. The first kappa shape index (κ1) is 31.2. The lowest BCUT2D eigenvalue weighted by atomic mass is 9.78. The lowest BCUT2D eigenvalue weighted by Gasteiger charge is -2.36. The van der Waals surface area contributed by atoms with E-state index in [0.717, 1.165) is 30.8 Å². The van der Waals surface area contributed by atoms with Gasteiger partial charge in [-0.05, 0) is 73.0 Å². The third-order valence-electron chi connectivity index (χ3n) is 8.52. The summed E-state index contributed by atoms with van der Waals surface area (Å²) in [5.74, 6) is -1.72. The van der Waals surface area contributed by atoms with Crippen LogP contribution in [0.5, 0.6) is 0 Å². The monoisotopic (exact) mass is 622 g/mol. The van der Waals surface area contributed by atoms with E-state index < -0.39 is 35.4 Å². The van der Waals surface area contributed by atoms with Crippen molar-refractivity contribution in [3.63, 3.8) is 0 Å². The van der Waals surface area contributed by atoms with Crippen molar-refractivity contribution in [3.8, 4) is 6.07 Å². The minimum atomic E-state index is -1.41. The largest absolute Gasteiger partial charge is 0.463 e. The summed E-state index contributed by atoms with van der Waals surface area (Å²) in [7, 11) is 0. The van der Waals surface area contributed by atoms with Gasteiger partial charge in [-0.15, -0.1) is 0 Å². The van der Waals surface area contributed by atoms with Gasteiger partial charge in [-0.2, -0.15) is 5.26 Å². The van der Waals surface area contributed by atoms with Crippen LogP contribution in [0.3, 0.4) is 0 Å². The van der Waals surface area contributed by atoms with Crippen molar-refractivity contribution in [1.82, 2.24) is 4.90 Å². The molecule has 1 fully saturated rings. The zero-order valence-electron chi connectivity index (χ0n) is 25.7. The highest BCUT2D eigenvalue weighted by Crippen LogP contribution is 2.51. The van der Waals surface area contributed by atoms with E-state index in [4.69, 9.17) is 14.2 Å². The van der Waals surface area contributed by atoms with E-state index in [1.165, 1.54) is 6.07 Å². The van der Waals surface area contributed by atoms with Gasteiger partial charge < -0.3 is 24.8 Å². The summed E-state index contributed by atoms with van der Waals surface area (Å²) in [6.45, 7) is 7.34. The fourth-order valence-electron chi connectivity index (χ4n) is 6.14. The Morgan fingerprint density at radius 3 is 2.48 bits per heavy atom. The van der Waals surface area contributed by atoms with Gasteiger partial charge >= 0.3 is 5.97 Å². The van der Waals surface area contributed by atoms with Crippen LogP contribution in [0, 0.1) is 24.1 Å². The molecule has 0 spiro atoms. The second kappa shape index (κ2) is 13.3. The normalized spacial score (nSPS) is 21.1. The molecule has 3 aromatic carbocycles. The van der Waals surface area contributed by atoms with Crippen LogP contribution in [0.4, 0.5) is 15.8 Å². The standard InChI is InChI=1S/C36H35FN4O5/c1-3-45-35(43)32-31(34(42)40-28-11-4-23(2)29(37)20-28)30-14-15-36(32,46-30)33(39-27-12-7-24(21-38)8-13-27)26-9-5-25(6-10-26)22-41-16-18-44-19-17-41/h4-15,20,30,33,39H,3,16-19,22H2,1-2H3,(H,40,42). The molecule has 0 saturated carbocycles. The highest BCUT2D eigenvalue weighted by atomic mass is 19.1. The molecule has 3 atom stereocenters. The first-order valence-electron chi connectivity index (χ1n) is 15.3. The Kier molecular flexibility index (Phi) is 8.99. The number of hydrogen-bond donors (Lipinski definition) is 2. The molecule has 6 rings (SSSR count). The Morgan fingerprint density at radius 2 is 1.80 bits per heavy atom. The molecule has 0 radical (unpaired) electrons. The van der Waals surface area contributed by atoms with Crippen molar-refractivity contribution in [2.75, 3.05) is 43.5 Å². The number of carbonyl (C=O) groups excluding carboxylic acids is 2. The number of hydrogen-bond acceptors (Lipinski definition) is 8. The highest BCUT2D eigenvalue weighted by Gasteiger charge is 2.58. The van der Waals surface area contributed by atoms with Crippen LogP contribution < -0.4 is 10.6 Å². The summed E-state index contributed by atoms with van der Waals surface area (Å²) in [5, 5.41) is 15.6. The van der Waals surface area contributed by atoms with Crippen molar-refractivity contribution in [2.45, 2.75) is 38.1 Å². The number of amides is 1. The molecule has 2 bridgehead atoms. The van der Waals surface area contributed by atoms with Crippen LogP contribution in [-0.4, -0.2) is 61.4 Å². The molecule has 46 heavy (non-hydrogen) atoms. The van der Waals surface area contributed by atoms with E-state index >= 15 is 0 Å². The number of rotatable bonds is 10. The molecule has 3 aliphatic rings. The van der Waals surface area contributed by atoms with Crippen LogP contribution in [0.25, 0.3) is 0 Å². The topological polar surface area (TPSA) is 113 Å². The molecule has 236 valence electrons. The van der Waals surface area contributed by atoms with Gasteiger partial charge in [0.25, 0.3) is 5.91 Å². The lowest BCUT2D eigenvalue weighted by molar-refractivity contribution is -0.140. The molecule has 3 aliphatic heterocycles. The number of morpholine rings is 1. The summed E-state index contributed by atoms with van der Waals surface area (Å²) in [6.07, 6.45) is 2.73. The summed E-state index contributed by atoms with van der Waals surface area (Å²) in [5.41, 5.74) is 2.60. The fraction of sp³-hybridized carbons (Fsp3) is 0.306. The Balaban J connectivity index is 1.40. The minimum Gasteiger partial charge on any atom is -0.463 e. The molecule has 3 heterocycles. The number of nitrogens with zero attached hydrogens (tertiary/aromatic N) is 2. The number of halogens is 1. The number of esters is 1. The second-order valence-corrected chi connectivity index (χ2v) is 11.5. The number of anilines is 2. The van der Waals surface area contributed by atoms with E-state index in [-0.39, 0.29) is 23.4 Å². The summed E-state index contributed by atoms with van der Waals surface area (Å²) in [4.78, 5) is 29.9. The average molecular weight is 623 g/mol. The maximum atomic E-state index is 14.3. The van der Waals surface area contributed by atoms with Gasteiger partial charge in [0.15, 0.2) is 0 Å². The number of ether oxygens (including phenoxy) is 3. The third-order valence-corrected chi connectivity index (χ3v) is 8.52.